The van der Waals surface area contributed by atoms with Crippen LogP contribution in [-0.2, 0) is 6.54 Å². The van der Waals surface area contributed by atoms with Gasteiger partial charge in [-0.2, -0.15) is 0 Å². The Morgan fingerprint density at radius 3 is 2.38 bits per heavy atom. The van der Waals surface area contributed by atoms with Crippen LogP contribution >= 0.6 is 0 Å². The summed E-state index contributed by atoms with van der Waals surface area (Å²) in [4.78, 5) is 0. The van der Waals surface area contributed by atoms with Crippen LogP contribution < -0.4 is 10.1 Å². The lowest BCUT2D eigenvalue weighted by atomic mass is 9.99. The molecule has 2 aromatic carbocycles. The second-order valence-electron chi connectivity index (χ2n) is 5.57. The van der Waals surface area contributed by atoms with Crippen molar-refractivity contribution in [1.29, 1.82) is 0 Å². The zero-order valence-corrected chi connectivity index (χ0v) is 13.2. The van der Waals surface area contributed by atoms with Gasteiger partial charge in [0.1, 0.15) is 5.75 Å². The minimum Gasteiger partial charge on any atom is -0.494 e. The minimum absolute atomic E-state index is 0.489. The molecule has 0 aromatic heterocycles. The average Bonchev–Trinajstić information content (AvgIpc) is 2.52. The van der Waals surface area contributed by atoms with Crippen molar-refractivity contribution in [1.82, 2.24) is 5.32 Å². The third kappa shape index (κ3) is 4.61. The summed E-state index contributed by atoms with van der Waals surface area (Å²) in [6, 6.07) is 17.4. The van der Waals surface area contributed by atoms with Crippen molar-refractivity contribution in [3.05, 3.63) is 54.1 Å². The van der Waals surface area contributed by atoms with E-state index < -0.39 is 0 Å². The fraction of sp³-hybridized carbons (Fsp3) is 0.368. The summed E-state index contributed by atoms with van der Waals surface area (Å²) in [5, 5.41) is 3.49. The maximum absolute atomic E-state index is 5.64. The second kappa shape index (κ2) is 7.84. The maximum Gasteiger partial charge on any atom is 0.119 e. The summed E-state index contributed by atoms with van der Waals surface area (Å²) in [6.45, 7) is 8.12. The SMILES string of the molecule is CCCOc1ccc(-c2ccccc2CNC(C)C)cc1. The van der Waals surface area contributed by atoms with Gasteiger partial charge in [0, 0.05) is 12.6 Å². The van der Waals surface area contributed by atoms with Crippen molar-refractivity contribution < 1.29 is 4.74 Å². The second-order valence-corrected chi connectivity index (χ2v) is 5.57. The van der Waals surface area contributed by atoms with Gasteiger partial charge in [-0.3, -0.25) is 0 Å². The predicted molar refractivity (Wildman–Crippen MR) is 89.6 cm³/mol. The molecule has 0 aliphatic rings. The Balaban J connectivity index is 2.17. The Kier molecular flexibility index (Phi) is 5.82. The third-order valence-electron chi connectivity index (χ3n) is 3.36. The molecule has 0 atom stereocenters. The molecular formula is C19H25NO. The van der Waals surface area contributed by atoms with E-state index in [1.165, 1.54) is 16.7 Å². The lowest BCUT2D eigenvalue weighted by molar-refractivity contribution is 0.317. The van der Waals surface area contributed by atoms with Crippen LogP contribution in [0.3, 0.4) is 0 Å². The van der Waals surface area contributed by atoms with Crippen LogP contribution in [0, 0.1) is 0 Å². The summed E-state index contributed by atoms with van der Waals surface area (Å²) in [5.41, 5.74) is 3.85. The number of hydrogen-bond donors (Lipinski definition) is 1. The molecular weight excluding hydrogens is 258 g/mol. The van der Waals surface area contributed by atoms with E-state index >= 15 is 0 Å². The number of rotatable bonds is 7. The highest BCUT2D eigenvalue weighted by Gasteiger charge is 2.05. The van der Waals surface area contributed by atoms with Crippen LogP contribution in [0.25, 0.3) is 11.1 Å². The van der Waals surface area contributed by atoms with Crippen molar-refractivity contribution in [3.8, 4) is 16.9 Å². The first kappa shape index (κ1) is 15.6. The maximum atomic E-state index is 5.64. The van der Waals surface area contributed by atoms with Crippen LogP contribution in [0.4, 0.5) is 0 Å². The molecule has 0 bridgehead atoms. The van der Waals surface area contributed by atoms with E-state index in [2.05, 4.69) is 74.6 Å². The smallest absolute Gasteiger partial charge is 0.119 e. The van der Waals surface area contributed by atoms with Crippen LogP contribution in [0.5, 0.6) is 5.75 Å². The zero-order valence-electron chi connectivity index (χ0n) is 13.2. The Morgan fingerprint density at radius 2 is 1.71 bits per heavy atom. The summed E-state index contributed by atoms with van der Waals surface area (Å²) in [6.07, 6.45) is 1.03. The van der Waals surface area contributed by atoms with Crippen LogP contribution in [0.2, 0.25) is 0 Å². The molecule has 0 unspecified atom stereocenters. The third-order valence-corrected chi connectivity index (χ3v) is 3.36. The highest BCUT2D eigenvalue weighted by Crippen LogP contribution is 2.26. The predicted octanol–water partition coefficient (Wildman–Crippen LogP) is 4.64. The molecule has 0 saturated heterocycles. The molecule has 0 spiro atoms. The molecule has 21 heavy (non-hydrogen) atoms. The fourth-order valence-electron chi connectivity index (χ4n) is 2.22. The van der Waals surface area contributed by atoms with Gasteiger partial charge >= 0.3 is 0 Å². The van der Waals surface area contributed by atoms with Gasteiger partial charge in [-0.15, -0.1) is 0 Å². The number of ether oxygens (including phenoxy) is 1. The highest BCUT2D eigenvalue weighted by molar-refractivity contribution is 5.67. The topological polar surface area (TPSA) is 21.3 Å². The minimum atomic E-state index is 0.489. The van der Waals surface area contributed by atoms with Gasteiger partial charge < -0.3 is 10.1 Å². The number of nitrogens with one attached hydrogen (secondary N) is 1. The Hall–Kier alpha value is -1.80. The largest absolute Gasteiger partial charge is 0.494 e. The molecule has 1 N–H and O–H groups in total. The molecule has 0 aliphatic carbocycles. The van der Waals surface area contributed by atoms with E-state index in [0.29, 0.717) is 6.04 Å². The van der Waals surface area contributed by atoms with Crippen LogP contribution in [0.1, 0.15) is 32.8 Å². The first-order valence-electron chi connectivity index (χ1n) is 7.75. The Bertz CT molecular complexity index is 546. The summed E-state index contributed by atoms with van der Waals surface area (Å²) < 4.78 is 5.64. The van der Waals surface area contributed by atoms with E-state index in [-0.39, 0.29) is 0 Å². The monoisotopic (exact) mass is 283 g/mol. The van der Waals surface area contributed by atoms with Crippen molar-refractivity contribution >= 4 is 0 Å². The van der Waals surface area contributed by atoms with Gasteiger partial charge in [-0.25, -0.2) is 0 Å². The zero-order chi connectivity index (χ0) is 15.1. The van der Waals surface area contributed by atoms with E-state index in [1.807, 2.05) is 0 Å². The molecule has 0 amide bonds. The van der Waals surface area contributed by atoms with Gasteiger partial charge in [-0.1, -0.05) is 57.2 Å². The molecule has 0 aliphatic heterocycles. The fourth-order valence-corrected chi connectivity index (χ4v) is 2.22. The van der Waals surface area contributed by atoms with E-state index in [4.69, 9.17) is 4.74 Å². The van der Waals surface area contributed by atoms with Crippen molar-refractivity contribution in [2.75, 3.05) is 6.61 Å². The van der Waals surface area contributed by atoms with Gasteiger partial charge in [0.2, 0.25) is 0 Å². The molecule has 2 aromatic rings. The molecule has 2 rings (SSSR count). The quantitative estimate of drug-likeness (QED) is 0.799. The molecule has 2 heteroatoms. The molecule has 0 radical (unpaired) electrons. The number of hydrogen-bond acceptors (Lipinski definition) is 2. The summed E-state index contributed by atoms with van der Waals surface area (Å²) in [7, 11) is 0. The normalized spacial score (nSPS) is 10.9. The van der Waals surface area contributed by atoms with Crippen molar-refractivity contribution in [2.45, 2.75) is 39.8 Å². The first-order chi connectivity index (χ1) is 10.2. The lowest BCUT2D eigenvalue weighted by Gasteiger charge is -2.13. The summed E-state index contributed by atoms with van der Waals surface area (Å²) in [5.74, 6) is 0.943. The Morgan fingerprint density at radius 1 is 1.00 bits per heavy atom. The van der Waals surface area contributed by atoms with Crippen molar-refractivity contribution in [3.63, 3.8) is 0 Å². The first-order valence-corrected chi connectivity index (χ1v) is 7.75. The standard InChI is InChI=1S/C19H25NO/c1-4-13-21-18-11-9-16(10-12-18)19-8-6-5-7-17(19)14-20-15(2)3/h5-12,15,20H,4,13-14H2,1-3H3. The van der Waals surface area contributed by atoms with Gasteiger partial charge in [0.05, 0.1) is 6.61 Å². The Labute approximate surface area is 128 Å². The van der Waals surface area contributed by atoms with Crippen LogP contribution in [-0.4, -0.2) is 12.6 Å². The van der Waals surface area contributed by atoms with Gasteiger partial charge in [0.25, 0.3) is 0 Å². The van der Waals surface area contributed by atoms with Gasteiger partial charge in [-0.05, 0) is 35.2 Å². The van der Waals surface area contributed by atoms with Crippen molar-refractivity contribution in [2.24, 2.45) is 0 Å². The van der Waals surface area contributed by atoms with Gasteiger partial charge in [0.15, 0.2) is 0 Å². The highest BCUT2D eigenvalue weighted by atomic mass is 16.5. The van der Waals surface area contributed by atoms with E-state index in [1.54, 1.807) is 0 Å². The van der Waals surface area contributed by atoms with E-state index in [0.717, 1.165) is 25.3 Å². The molecule has 0 heterocycles. The van der Waals surface area contributed by atoms with E-state index in [9.17, 15) is 0 Å². The molecule has 0 fully saturated rings. The lowest BCUT2D eigenvalue weighted by Crippen LogP contribution is -2.22. The summed E-state index contributed by atoms with van der Waals surface area (Å²) >= 11 is 0. The molecule has 112 valence electrons. The van der Waals surface area contributed by atoms with Crippen LogP contribution in [0.15, 0.2) is 48.5 Å². The molecule has 0 saturated carbocycles. The average molecular weight is 283 g/mol. The number of benzene rings is 2. The molecule has 2 nitrogen and oxygen atoms in total.